The van der Waals surface area contributed by atoms with Gasteiger partial charge in [0.15, 0.2) is 0 Å². The molecule has 0 atom stereocenters. The van der Waals surface area contributed by atoms with E-state index in [0.29, 0.717) is 42.7 Å². The summed E-state index contributed by atoms with van der Waals surface area (Å²) >= 11 is 7.26. The van der Waals surface area contributed by atoms with Crippen LogP contribution in [0.25, 0.3) is 10.6 Å². The summed E-state index contributed by atoms with van der Waals surface area (Å²) in [7, 11) is 0. The van der Waals surface area contributed by atoms with Crippen LogP contribution in [0.1, 0.15) is 10.5 Å². The van der Waals surface area contributed by atoms with Crippen molar-refractivity contribution in [2.24, 2.45) is 0 Å². The van der Waals surface area contributed by atoms with E-state index in [1.165, 1.54) is 17.4 Å². The van der Waals surface area contributed by atoms with Crippen molar-refractivity contribution in [1.82, 2.24) is 4.98 Å². The second kappa shape index (κ2) is 8.26. The number of halogens is 2. The molecule has 1 aliphatic rings. The second-order valence-corrected chi connectivity index (χ2v) is 7.56. The molecule has 2 aromatic carbocycles. The number of hydrogen-bond donors (Lipinski definition) is 1. The van der Waals surface area contributed by atoms with Gasteiger partial charge in [0.05, 0.1) is 18.9 Å². The zero-order chi connectivity index (χ0) is 19.5. The predicted octanol–water partition coefficient (Wildman–Crippen LogP) is 4.69. The lowest BCUT2D eigenvalue weighted by atomic mass is 10.2. The largest absolute Gasteiger partial charge is 0.378 e. The molecule has 1 amide bonds. The third-order valence-corrected chi connectivity index (χ3v) is 5.53. The van der Waals surface area contributed by atoms with Crippen molar-refractivity contribution in [1.29, 1.82) is 0 Å². The summed E-state index contributed by atoms with van der Waals surface area (Å²) in [6, 6.07) is 11.9. The predicted molar refractivity (Wildman–Crippen MR) is 110 cm³/mol. The van der Waals surface area contributed by atoms with E-state index in [-0.39, 0.29) is 17.4 Å². The number of carbonyl (C=O) groups excluding carboxylic acids is 1. The highest BCUT2D eigenvalue weighted by Gasteiger charge is 2.17. The zero-order valence-corrected chi connectivity index (χ0v) is 16.4. The third kappa shape index (κ3) is 4.16. The highest BCUT2D eigenvalue weighted by atomic mass is 35.5. The third-order valence-electron chi connectivity index (χ3n) is 4.39. The Labute approximate surface area is 170 Å². The molecule has 0 spiro atoms. The smallest absolute Gasteiger partial charge is 0.275 e. The highest BCUT2D eigenvalue weighted by Crippen LogP contribution is 2.27. The molecule has 1 aliphatic heterocycles. The van der Waals surface area contributed by atoms with E-state index in [2.05, 4.69) is 10.3 Å². The van der Waals surface area contributed by atoms with Crippen LogP contribution in [0.4, 0.5) is 15.8 Å². The summed E-state index contributed by atoms with van der Waals surface area (Å²) in [6.45, 7) is 2.46. The first-order valence-electron chi connectivity index (χ1n) is 8.75. The van der Waals surface area contributed by atoms with Gasteiger partial charge in [-0.2, -0.15) is 0 Å². The number of nitrogens with one attached hydrogen (secondary N) is 1. The van der Waals surface area contributed by atoms with Crippen LogP contribution in [0.3, 0.4) is 0 Å². The Hall–Kier alpha value is -2.48. The van der Waals surface area contributed by atoms with Crippen molar-refractivity contribution >= 4 is 40.2 Å². The lowest BCUT2D eigenvalue weighted by Crippen LogP contribution is -2.36. The average Bonchev–Trinajstić information content (AvgIpc) is 3.20. The summed E-state index contributed by atoms with van der Waals surface area (Å²) in [5, 5.41) is 5.74. The van der Waals surface area contributed by atoms with Crippen molar-refractivity contribution in [2.75, 3.05) is 36.5 Å². The number of amides is 1. The van der Waals surface area contributed by atoms with E-state index in [1.807, 2.05) is 17.0 Å². The SMILES string of the molecule is O=C(Nc1ccc(N2CCOCC2)c(F)c1)c1csc(-c2ccc(Cl)cc2)n1. The first-order chi connectivity index (χ1) is 13.6. The lowest BCUT2D eigenvalue weighted by Gasteiger charge is -2.29. The van der Waals surface area contributed by atoms with Gasteiger partial charge < -0.3 is 15.0 Å². The molecule has 0 unspecified atom stereocenters. The van der Waals surface area contributed by atoms with Crippen molar-refractivity contribution in [3.8, 4) is 10.6 Å². The molecular weight excluding hydrogens is 401 g/mol. The van der Waals surface area contributed by atoms with Crippen molar-refractivity contribution in [3.05, 3.63) is 64.4 Å². The molecule has 5 nitrogen and oxygen atoms in total. The molecule has 28 heavy (non-hydrogen) atoms. The van der Waals surface area contributed by atoms with Gasteiger partial charge in [-0.05, 0) is 30.3 Å². The maximum absolute atomic E-state index is 14.5. The van der Waals surface area contributed by atoms with E-state index in [0.717, 1.165) is 10.6 Å². The van der Waals surface area contributed by atoms with E-state index in [1.54, 1.807) is 29.6 Å². The number of rotatable bonds is 4. The van der Waals surface area contributed by atoms with E-state index >= 15 is 0 Å². The van der Waals surface area contributed by atoms with Crippen LogP contribution in [0.5, 0.6) is 0 Å². The number of thiazole rings is 1. The molecule has 0 bridgehead atoms. The summed E-state index contributed by atoms with van der Waals surface area (Å²) in [4.78, 5) is 18.8. The van der Waals surface area contributed by atoms with Gasteiger partial charge in [0.2, 0.25) is 0 Å². The average molecular weight is 418 g/mol. The fraction of sp³-hybridized carbons (Fsp3) is 0.200. The van der Waals surface area contributed by atoms with Crippen LogP contribution in [-0.2, 0) is 4.74 Å². The Morgan fingerprint density at radius 1 is 1.18 bits per heavy atom. The highest BCUT2D eigenvalue weighted by molar-refractivity contribution is 7.13. The minimum atomic E-state index is -0.380. The van der Waals surface area contributed by atoms with Crippen molar-refractivity contribution in [2.45, 2.75) is 0 Å². The monoisotopic (exact) mass is 417 g/mol. The number of benzene rings is 2. The fourth-order valence-electron chi connectivity index (χ4n) is 2.94. The quantitative estimate of drug-likeness (QED) is 0.669. The van der Waals surface area contributed by atoms with Crippen LogP contribution < -0.4 is 10.2 Å². The Balaban J connectivity index is 1.46. The Bertz CT molecular complexity index is 987. The Morgan fingerprint density at radius 2 is 1.93 bits per heavy atom. The van der Waals surface area contributed by atoms with Crippen molar-refractivity contribution in [3.63, 3.8) is 0 Å². The molecule has 3 aromatic rings. The molecule has 1 fully saturated rings. The topological polar surface area (TPSA) is 54.5 Å². The van der Waals surface area contributed by atoms with Gasteiger partial charge in [-0.1, -0.05) is 23.7 Å². The number of carbonyl (C=O) groups is 1. The Morgan fingerprint density at radius 3 is 2.64 bits per heavy atom. The molecule has 8 heteroatoms. The van der Waals surface area contributed by atoms with Gasteiger partial charge in [0, 0.05) is 34.7 Å². The standard InChI is InChI=1S/C20H17ClFN3O2S/c21-14-3-1-13(2-4-14)20-24-17(12-28-20)19(26)23-15-5-6-18(16(22)11-15)25-7-9-27-10-8-25/h1-6,11-12H,7-10H2,(H,23,26). The van der Waals surface area contributed by atoms with Gasteiger partial charge in [-0.3, -0.25) is 4.79 Å². The fourth-order valence-corrected chi connectivity index (χ4v) is 3.88. The van der Waals surface area contributed by atoms with Gasteiger partial charge in [-0.25, -0.2) is 9.37 Å². The van der Waals surface area contributed by atoms with E-state index in [4.69, 9.17) is 16.3 Å². The minimum Gasteiger partial charge on any atom is -0.378 e. The molecule has 2 heterocycles. The van der Waals surface area contributed by atoms with Crippen molar-refractivity contribution < 1.29 is 13.9 Å². The summed E-state index contributed by atoms with van der Waals surface area (Å²) < 4.78 is 19.8. The summed E-state index contributed by atoms with van der Waals surface area (Å²) in [6.07, 6.45) is 0. The number of ether oxygens (including phenoxy) is 1. The molecule has 1 N–H and O–H groups in total. The van der Waals surface area contributed by atoms with Gasteiger partial charge in [0.25, 0.3) is 5.91 Å². The molecule has 4 rings (SSSR count). The second-order valence-electron chi connectivity index (χ2n) is 6.26. The normalized spacial score (nSPS) is 14.1. The summed E-state index contributed by atoms with van der Waals surface area (Å²) in [5.41, 5.74) is 2.07. The van der Waals surface area contributed by atoms with Gasteiger partial charge >= 0.3 is 0 Å². The first kappa shape index (κ1) is 18.9. The molecular formula is C20H17ClFN3O2S. The first-order valence-corrected chi connectivity index (χ1v) is 10.0. The molecule has 1 saturated heterocycles. The van der Waals surface area contributed by atoms with Gasteiger partial charge in [-0.15, -0.1) is 11.3 Å². The maximum atomic E-state index is 14.5. The van der Waals surface area contributed by atoms with Crippen LogP contribution in [0.15, 0.2) is 47.8 Å². The molecule has 0 aliphatic carbocycles. The number of nitrogens with zero attached hydrogens (tertiary/aromatic N) is 2. The minimum absolute atomic E-state index is 0.285. The maximum Gasteiger partial charge on any atom is 0.275 e. The van der Waals surface area contributed by atoms with Crippen LogP contribution in [-0.4, -0.2) is 37.2 Å². The zero-order valence-electron chi connectivity index (χ0n) is 14.8. The Kier molecular flexibility index (Phi) is 5.57. The number of anilines is 2. The number of hydrogen-bond acceptors (Lipinski definition) is 5. The lowest BCUT2D eigenvalue weighted by molar-refractivity contribution is 0.102. The van der Waals surface area contributed by atoms with Crippen LogP contribution >= 0.6 is 22.9 Å². The van der Waals surface area contributed by atoms with Gasteiger partial charge in [0.1, 0.15) is 16.5 Å². The molecule has 1 aromatic heterocycles. The molecule has 0 radical (unpaired) electrons. The number of aromatic nitrogens is 1. The number of morpholine rings is 1. The molecule has 0 saturated carbocycles. The summed E-state index contributed by atoms with van der Waals surface area (Å²) in [5.74, 6) is -0.755. The van der Waals surface area contributed by atoms with E-state index < -0.39 is 0 Å². The van der Waals surface area contributed by atoms with Crippen LogP contribution in [0, 0.1) is 5.82 Å². The van der Waals surface area contributed by atoms with E-state index in [9.17, 15) is 9.18 Å². The van der Waals surface area contributed by atoms with Crippen LogP contribution in [0.2, 0.25) is 5.02 Å². The molecule has 144 valence electrons.